The van der Waals surface area contributed by atoms with Crippen molar-refractivity contribution in [1.29, 1.82) is 0 Å². The first kappa shape index (κ1) is 14.3. The van der Waals surface area contributed by atoms with E-state index < -0.39 is 11.7 Å². The van der Waals surface area contributed by atoms with E-state index in [1.807, 2.05) is 24.5 Å². The zero-order valence-corrected chi connectivity index (χ0v) is 12.4. The lowest BCUT2D eigenvalue weighted by molar-refractivity contribution is -0.114. The molecular weight excluding hydrogens is 252 g/mol. The Kier molecular flexibility index (Phi) is 3.66. The molecule has 2 rings (SSSR count). The third-order valence-electron chi connectivity index (χ3n) is 3.53. The monoisotopic (exact) mass is 272 g/mol. The maximum absolute atomic E-state index is 12.0. The van der Waals surface area contributed by atoms with Crippen molar-refractivity contribution < 1.29 is 9.59 Å². The van der Waals surface area contributed by atoms with Crippen LogP contribution in [0.3, 0.4) is 0 Å². The van der Waals surface area contributed by atoms with Crippen LogP contribution in [-0.4, -0.2) is 16.3 Å². The number of amides is 1. The van der Waals surface area contributed by atoms with Gasteiger partial charge in [0.1, 0.15) is 0 Å². The number of primary amides is 1. The summed E-state index contributed by atoms with van der Waals surface area (Å²) in [6, 6.07) is 4.02. The number of aromatic nitrogens is 1. The molecule has 2 N–H and O–H groups in total. The summed E-state index contributed by atoms with van der Waals surface area (Å²) in [6.45, 7) is 9.06. The molecule has 20 heavy (non-hydrogen) atoms. The number of Topliss-reactive ketones (excluding diaryl/α,β-unsaturated/α-hetero) is 1. The number of fused-ring (bicyclic) bond motifs is 1. The van der Waals surface area contributed by atoms with Gasteiger partial charge in [-0.2, -0.15) is 0 Å². The van der Waals surface area contributed by atoms with E-state index in [-0.39, 0.29) is 0 Å². The number of carbonyl (C=O) groups excluding carboxylic acids is 2. The molecule has 0 aliphatic rings. The van der Waals surface area contributed by atoms with Crippen molar-refractivity contribution in [2.45, 2.75) is 34.2 Å². The van der Waals surface area contributed by atoms with Crippen molar-refractivity contribution in [3.63, 3.8) is 0 Å². The Morgan fingerprint density at radius 1 is 1.20 bits per heavy atom. The zero-order valence-electron chi connectivity index (χ0n) is 12.4. The van der Waals surface area contributed by atoms with Gasteiger partial charge >= 0.3 is 0 Å². The van der Waals surface area contributed by atoms with Crippen molar-refractivity contribution in [2.75, 3.05) is 0 Å². The van der Waals surface area contributed by atoms with E-state index in [9.17, 15) is 9.59 Å². The highest BCUT2D eigenvalue weighted by molar-refractivity contribution is 6.44. The zero-order chi connectivity index (χ0) is 15.0. The Bertz CT molecular complexity index is 696. The van der Waals surface area contributed by atoms with Crippen molar-refractivity contribution in [1.82, 2.24) is 4.57 Å². The van der Waals surface area contributed by atoms with Crippen LogP contribution in [0.4, 0.5) is 0 Å². The van der Waals surface area contributed by atoms with E-state index in [1.54, 1.807) is 6.20 Å². The van der Waals surface area contributed by atoms with Gasteiger partial charge in [0.15, 0.2) is 0 Å². The topological polar surface area (TPSA) is 65.1 Å². The van der Waals surface area contributed by atoms with E-state index in [1.165, 1.54) is 5.56 Å². The first-order valence-electron chi connectivity index (χ1n) is 6.75. The Labute approximate surface area is 118 Å². The molecule has 0 aliphatic heterocycles. The molecule has 1 aromatic carbocycles. The molecule has 0 spiro atoms. The highest BCUT2D eigenvalue weighted by atomic mass is 16.2. The van der Waals surface area contributed by atoms with E-state index in [2.05, 4.69) is 19.9 Å². The predicted octanol–water partition coefficient (Wildman–Crippen LogP) is 2.58. The van der Waals surface area contributed by atoms with Crippen molar-refractivity contribution in [2.24, 2.45) is 11.7 Å². The third-order valence-corrected chi connectivity index (χ3v) is 3.53. The smallest absolute Gasteiger partial charge is 0.289 e. The molecule has 4 nitrogen and oxygen atoms in total. The number of rotatable bonds is 4. The number of hydrogen-bond donors (Lipinski definition) is 1. The fourth-order valence-corrected chi connectivity index (χ4v) is 2.41. The van der Waals surface area contributed by atoms with Crippen LogP contribution in [0.2, 0.25) is 0 Å². The summed E-state index contributed by atoms with van der Waals surface area (Å²) in [4.78, 5) is 23.2. The van der Waals surface area contributed by atoms with Crippen LogP contribution in [0, 0.1) is 19.8 Å². The number of carbonyl (C=O) groups is 2. The lowest BCUT2D eigenvalue weighted by Crippen LogP contribution is -2.22. The minimum Gasteiger partial charge on any atom is -0.363 e. The SMILES string of the molecule is Cc1cc2c(C(=O)C(N)=O)cn(CC(C)C)c2cc1C. The molecule has 0 unspecified atom stereocenters. The van der Waals surface area contributed by atoms with Gasteiger partial charge in [0.05, 0.1) is 5.56 Å². The summed E-state index contributed by atoms with van der Waals surface area (Å²) >= 11 is 0. The van der Waals surface area contributed by atoms with Crippen LogP contribution in [0.5, 0.6) is 0 Å². The van der Waals surface area contributed by atoms with Crippen molar-refractivity contribution >= 4 is 22.6 Å². The molecule has 0 fully saturated rings. The fourth-order valence-electron chi connectivity index (χ4n) is 2.41. The molecule has 0 atom stereocenters. The minimum atomic E-state index is -0.910. The Hall–Kier alpha value is -2.10. The molecule has 0 bridgehead atoms. The van der Waals surface area contributed by atoms with Crippen molar-refractivity contribution in [3.05, 3.63) is 35.0 Å². The van der Waals surface area contributed by atoms with E-state index >= 15 is 0 Å². The standard InChI is InChI=1S/C16H20N2O2/c1-9(2)7-18-8-13(15(19)16(17)20)12-5-10(3)11(4)6-14(12)18/h5-6,8-9H,7H2,1-4H3,(H2,17,20). The normalized spacial score (nSPS) is 11.2. The average Bonchev–Trinajstić information content (AvgIpc) is 2.66. The Balaban J connectivity index is 2.72. The second-order valence-corrected chi connectivity index (χ2v) is 5.74. The second kappa shape index (κ2) is 5.12. The van der Waals surface area contributed by atoms with Gasteiger partial charge in [0.2, 0.25) is 0 Å². The molecule has 1 heterocycles. The van der Waals surface area contributed by atoms with Crippen LogP contribution >= 0.6 is 0 Å². The van der Waals surface area contributed by atoms with E-state index in [4.69, 9.17) is 5.73 Å². The molecule has 106 valence electrons. The van der Waals surface area contributed by atoms with Crippen LogP contribution in [-0.2, 0) is 11.3 Å². The number of nitrogens with two attached hydrogens (primary N) is 1. The summed E-state index contributed by atoms with van der Waals surface area (Å²) in [5.41, 5.74) is 8.78. The van der Waals surface area contributed by atoms with Gasteiger partial charge in [0, 0.05) is 23.6 Å². The van der Waals surface area contributed by atoms with Gasteiger partial charge in [-0.05, 0) is 43.0 Å². The summed E-state index contributed by atoms with van der Waals surface area (Å²) in [7, 11) is 0. The van der Waals surface area contributed by atoms with E-state index in [0.29, 0.717) is 11.5 Å². The lowest BCUT2D eigenvalue weighted by Gasteiger charge is -2.09. The van der Waals surface area contributed by atoms with Gasteiger partial charge in [-0.25, -0.2) is 0 Å². The first-order valence-corrected chi connectivity index (χ1v) is 6.75. The van der Waals surface area contributed by atoms with Crippen LogP contribution in [0.15, 0.2) is 18.3 Å². The number of benzene rings is 1. The highest BCUT2D eigenvalue weighted by Gasteiger charge is 2.20. The van der Waals surface area contributed by atoms with Gasteiger partial charge in [-0.1, -0.05) is 13.8 Å². The van der Waals surface area contributed by atoms with Gasteiger partial charge < -0.3 is 10.3 Å². The fraction of sp³-hybridized carbons (Fsp3) is 0.375. The molecule has 4 heteroatoms. The Morgan fingerprint density at radius 3 is 2.35 bits per heavy atom. The second-order valence-electron chi connectivity index (χ2n) is 5.74. The number of aryl methyl sites for hydroxylation is 2. The summed E-state index contributed by atoms with van der Waals surface area (Å²) < 4.78 is 2.03. The first-order chi connectivity index (χ1) is 9.31. The summed E-state index contributed by atoms with van der Waals surface area (Å²) in [5.74, 6) is -1.09. The van der Waals surface area contributed by atoms with E-state index in [0.717, 1.165) is 23.0 Å². The maximum atomic E-state index is 12.0. The molecule has 0 radical (unpaired) electrons. The largest absolute Gasteiger partial charge is 0.363 e. The minimum absolute atomic E-state index is 0.399. The molecule has 1 aromatic heterocycles. The summed E-state index contributed by atoms with van der Waals surface area (Å²) in [5, 5.41) is 0.803. The van der Waals surface area contributed by atoms with Crippen LogP contribution in [0.1, 0.15) is 35.3 Å². The molecule has 0 saturated heterocycles. The Morgan fingerprint density at radius 2 is 1.80 bits per heavy atom. The highest BCUT2D eigenvalue weighted by Crippen LogP contribution is 2.26. The molecular formula is C16H20N2O2. The lowest BCUT2D eigenvalue weighted by atomic mass is 10.0. The van der Waals surface area contributed by atoms with Crippen molar-refractivity contribution in [3.8, 4) is 0 Å². The van der Waals surface area contributed by atoms with Crippen LogP contribution < -0.4 is 5.73 Å². The number of nitrogens with zero attached hydrogens (tertiary/aromatic N) is 1. The molecule has 0 aliphatic carbocycles. The average molecular weight is 272 g/mol. The molecule has 2 aromatic rings. The van der Waals surface area contributed by atoms with Gasteiger partial charge in [-0.3, -0.25) is 9.59 Å². The van der Waals surface area contributed by atoms with Gasteiger partial charge in [0.25, 0.3) is 11.7 Å². The van der Waals surface area contributed by atoms with Crippen LogP contribution in [0.25, 0.3) is 10.9 Å². The van der Waals surface area contributed by atoms with Gasteiger partial charge in [-0.15, -0.1) is 0 Å². The summed E-state index contributed by atoms with van der Waals surface area (Å²) in [6.07, 6.45) is 1.75. The quantitative estimate of drug-likeness (QED) is 0.686. The number of hydrogen-bond acceptors (Lipinski definition) is 2. The maximum Gasteiger partial charge on any atom is 0.289 e. The molecule has 0 saturated carbocycles. The predicted molar refractivity (Wildman–Crippen MR) is 79.8 cm³/mol. The third kappa shape index (κ3) is 2.46. The molecule has 1 amide bonds. The number of ketones is 1.